The van der Waals surface area contributed by atoms with E-state index in [1.54, 1.807) is 35.6 Å². The fraction of sp³-hybridized carbons (Fsp3) is 0.703. The lowest BCUT2D eigenvalue weighted by molar-refractivity contribution is -0.199. The van der Waals surface area contributed by atoms with Gasteiger partial charge < -0.3 is 18.9 Å². The largest absolute Gasteiger partial charge is 0.482 e. The molecule has 1 aromatic rings. The lowest BCUT2D eigenvalue weighted by Crippen LogP contribution is -2.65. The third kappa shape index (κ3) is 5.68. The summed E-state index contributed by atoms with van der Waals surface area (Å²) in [6, 6.07) is 11.8. The molecule has 49 heavy (non-hydrogen) atoms. The summed E-state index contributed by atoms with van der Waals surface area (Å²) < 4.78 is 48.0. The number of hydrogen-bond donors (Lipinski definition) is 0. The average molecular weight is 679 g/mol. The van der Waals surface area contributed by atoms with Gasteiger partial charge in [0, 0.05) is 44.4 Å². The summed E-state index contributed by atoms with van der Waals surface area (Å²) in [6.07, 6.45) is 5.33. The van der Waals surface area contributed by atoms with Crippen LogP contribution < -0.4 is 0 Å². The summed E-state index contributed by atoms with van der Waals surface area (Å²) in [5, 5.41) is 10.1. The number of alkyl halides is 2. The Morgan fingerprint density at radius 3 is 2.47 bits per heavy atom. The predicted molar refractivity (Wildman–Crippen MR) is 179 cm³/mol. The molecule has 12 heteroatoms. The molecule has 0 spiro atoms. The molecule has 0 aromatic heterocycles. The first-order valence-corrected chi connectivity index (χ1v) is 17.9. The van der Waals surface area contributed by atoms with Crippen molar-refractivity contribution in [3.05, 3.63) is 47.5 Å². The van der Waals surface area contributed by atoms with E-state index >= 15 is 0 Å². The molecule has 5 atom stereocenters. The number of nitrogens with zero attached hydrogens (tertiary/aromatic N) is 4. The Hall–Kier alpha value is -3.01. The van der Waals surface area contributed by atoms with Crippen LogP contribution in [0.25, 0.3) is 0 Å². The molecule has 7 fully saturated rings. The first kappa shape index (κ1) is 34.4. The van der Waals surface area contributed by atoms with Crippen LogP contribution in [0.2, 0.25) is 0 Å². The van der Waals surface area contributed by atoms with Gasteiger partial charge in [-0.25, -0.2) is 13.6 Å². The average Bonchev–Trinajstić information content (AvgIpc) is 3.81. The summed E-state index contributed by atoms with van der Waals surface area (Å²) >= 11 is 0. The van der Waals surface area contributed by atoms with Crippen molar-refractivity contribution in [2.45, 2.75) is 127 Å². The van der Waals surface area contributed by atoms with Crippen LogP contribution in [0.5, 0.6) is 0 Å². The molecule has 1 unspecified atom stereocenters. The summed E-state index contributed by atoms with van der Waals surface area (Å²) in [4.78, 5) is 33.0. The zero-order valence-electron chi connectivity index (χ0n) is 29.6. The van der Waals surface area contributed by atoms with Gasteiger partial charge in [-0.2, -0.15) is 5.26 Å². The zero-order chi connectivity index (χ0) is 35.1. The van der Waals surface area contributed by atoms with Gasteiger partial charge in [-0.3, -0.25) is 14.6 Å². The number of nitriles is 1. The molecule has 7 aliphatic rings. The van der Waals surface area contributed by atoms with Crippen molar-refractivity contribution in [3.63, 3.8) is 0 Å². The van der Waals surface area contributed by atoms with Gasteiger partial charge in [-0.15, -0.1) is 0 Å². The predicted octanol–water partition coefficient (Wildman–Crippen LogP) is 5.98. The number of benzene rings is 1. The SMILES string of the molecule is CN(C(=O)OC12CCC(CC1)N2C(=O)C(C#N)=CC(C)(C)N1CCC(F)(F)C1)C(Cc1ccccc1)B1O[C@@H]2C[C@@H]3C[C@@H](C3(C)C)[C@]2(C)O1. The van der Waals surface area contributed by atoms with Crippen LogP contribution in [0.1, 0.15) is 85.1 Å². The molecule has 4 heterocycles. The summed E-state index contributed by atoms with van der Waals surface area (Å²) in [5.74, 6) is -2.88. The van der Waals surface area contributed by atoms with E-state index in [0.717, 1.165) is 18.4 Å². The molecule has 1 aromatic carbocycles. The summed E-state index contributed by atoms with van der Waals surface area (Å²) in [6.45, 7) is 10.0. The van der Waals surface area contributed by atoms with Gasteiger partial charge in [0.15, 0.2) is 5.72 Å². The fourth-order valence-corrected chi connectivity index (χ4v) is 10.0. The molecule has 2 amide bonds. The van der Waals surface area contributed by atoms with Crippen molar-refractivity contribution in [1.82, 2.24) is 14.7 Å². The normalized spacial score (nSPS) is 35.0. The zero-order valence-corrected chi connectivity index (χ0v) is 29.6. The van der Waals surface area contributed by atoms with Crippen molar-refractivity contribution >= 4 is 19.1 Å². The van der Waals surface area contributed by atoms with Crippen LogP contribution in [0.3, 0.4) is 0 Å². The van der Waals surface area contributed by atoms with Crippen molar-refractivity contribution in [2.75, 3.05) is 20.1 Å². The van der Waals surface area contributed by atoms with E-state index in [-0.39, 0.29) is 36.1 Å². The van der Waals surface area contributed by atoms with Crippen LogP contribution >= 0.6 is 0 Å². The molecular weight excluding hydrogens is 629 g/mol. The van der Waals surface area contributed by atoms with E-state index in [9.17, 15) is 23.6 Å². The minimum atomic E-state index is -2.81. The monoisotopic (exact) mass is 678 g/mol. The number of likely N-dealkylation sites (tertiary alicyclic amines) is 1. The molecule has 8 rings (SSSR count). The van der Waals surface area contributed by atoms with Crippen LogP contribution in [0, 0.1) is 28.6 Å². The molecule has 3 saturated carbocycles. The van der Waals surface area contributed by atoms with Gasteiger partial charge in [0.25, 0.3) is 11.8 Å². The lowest BCUT2D eigenvalue weighted by Gasteiger charge is -2.64. The van der Waals surface area contributed by atoms with E-state index < -0.39 is 54.4 Å². The number of likely N-dealkylation sites (N-methyl/N-ethyl adjacent to an activating group) is 1. The summed E-state index contributed by atoms with van der Waals surface area (Å²) in [7, 11) is 1.04. The molecular formula is C37H49BF2N4O5. The third-order valence-corrected chi connectivity index (χ3v) is 13.2. The maximum absolute atomic E-state index is 14.2. The van der Waals surface area contributed by atoms with Crippen LogP contribution in [-0.2, 0) is 25.3 Å². The topological polar surface area (TPSA) is 95.3 Å². The van der Waals surface area contributed by atoms with Crippen molar-refractivity contribution in [3.8, 4) is 6.07 Å². The number of ether oxygens (including phenoxy) is 1. The molecule has 264 valence electrons. The second-order valence-corrected chi connectivity index (χ2v) is 16.8. The summed E-state index contributed by atoms with van der Waals surface area (Å²) in [5.41, 5.74) is -1.52. The van der Waals surface area contributed by atoms with Crippen molar-refractivity contribution in [1.29, 1.82) is 5.26 Å². The van der Waals surface area contributed by atoms with Crippen molar-refractivity contribution in [2.24, 2.45) is 17.3 Å². The molecule has 4 bridgehead atoms. The van der Waals surface area contributed by atoms with E-state index in [2.05, 4.69) is 20.8 Å². The smallest absolute Gasteiger partial charge is 0.423 e. The first-order chi connectivity index (χ1) is 23.0. The maximum Gasteiger partial charge on any atom is 0.482 e. The Bertz CT molecular complexity index is 1560. The maximum atomic E-state index is 14.2. The number of carbonyl (C=O) groups is 2. The minimum Gasteiger partial charge on any atom is -0.423 e. The van der Waals surface area contributed by atoms with Gasteiger partial charge in [-0.1, -0.05) is 44.2 Å². The number of halogens is 2. The van der Waals surface area contributed by atoms with Crippen LogP contribution in [0.4, 0.5) is 13.6 Å². The van der Waals surface area contributed by atoms with Gasteiger partial charge in [0.1, 0.15) is 11.6 Å². The third-order valence-electron chi connectivity index (χ3n) is 13.2. The molecule has 0 N–H and O–H groups in total. The quantitative estimate of drug-likeness (QED) is 0.190. The Morgan fingerprint density at radius 2 is 1.86 bits per heavy atom. The van der Waals surface area contributed by atoms with Crippen LogP contribution in [-0.4, -0.2) is 94.8 Å². The van der Waals surface area contributed by atoms with E-state index in [0.29, 0.717) is 43.9 Å². The Kier molecular flexibility index (Phi) is 8.28. The minimum absolute atomic E-state index is 0.0543. The Morgan fingerprint density at radius 1 is 1.16 bits per heavy atom. The highest BCUT2D eigenvalue weighted by molar-refractivity contribution is 6.47. The Balaban J connectivity index is 1.11. The highest BCUT2D eigenvalue weighted by atomic mass is 19.3. The van der Waals surface area contributed by atoms with E-state index in [4.69, 9.17) is 14.0 Å². The Labute approximate surface area is 289 Å². The standard InChI is InChI=1S/C37H49BF2N4O5/c1-33(2,43-17-16-36(39,40)23-43)21-25(22-41)31(45)44-27-12-14-37(44,15-13-27)47-32(46)42(6)30(18-24-10-8-7-9-11-24)38-48-29-20-26-19-28(34(26,3)4)35(29,5)49-38/h7-11,21,26-30H,12-20,23H2,1-6H3/t26-,27?,28-,29+,30?,35-,37?/m0/s1. The van der Waals surface area contributed by atoms with Crippen LogP contribution in [0.15, 0.2) is 42.0 Å². The van der Waals surface area contributed by atoms with Gasteiger partial charge in [0.2, 0.25) is 0 Å². The number of fused-ring (bicyclic) bond motifs is 2. The number of carbonyl (C=O) groups excluding carboxylic acids is 2. The van der Waals surface area contributed by atoms with Crippen molar-refractivity contribution < 1.29 is 32.4 Å². The number of hydrogen-bond acceptors (Lipinski definition) is 7. The molecule has 4 aliphatic heterocycles. The number of amides is 2. The molecule has 4 saturated heterocycles. The number of rotatable bonds is 8. The second kappa shape index (κ2) is 11.8. The fourth-order valence-electron chi connectivity index (χ4n) is 10.0. The van der Waals surface area contributed by atoms with E-state index in [1.807, 2.05) is 36.4 Å². The second-order valence-electron chi connectivity index (χ2n) is 16.8. The van der Waals surface area contributed by atoms with Gasteiger partial charge >= 0.3 is 13.2 Å². The molecule has 3 aliphatic carbocycles. The molecule has 9 nitrogen and oxygen atoms in total. The highest BCUT2D eigenvalue weighted by Gasteiger charge is 2.69. The highest BCUT2D eigenvalue weighted by Crippen LogP contribution is 2.66. The lowest BCUT2D eigenvalue weighted by atomic mass is 9.43. The van der Waals surface area contributed by atoms with Gasteiger partial charge in [-0.05, 0) is 81.8 Å². The molecule has 0 radical (unpaired) electrons. The van der Waals surface area contributed by atoms with Gasteiger partial charge in [0.05, 0.1) is 24.2 Å². The van der Waals surface area contributed by atoms with E-state index in [1.165, 1.54) is 6.08 Å². The first-order valence-electron chi connectivity index (χ1n) is 17.9.